The number of likely N-dealkylation sites (tertiary alicyclic amines) is 1. The summed E-state index contributed by atoms with van der Waals surface area (Å²) in [4.78, 5) is 15.4. The summed E-state index contributed by atoms with van der Waals surface area (Å²) in [6.45, 7) is 2.68. The van der Waals surface area contributed by atoms with Crippen molar-refractivity contribution in [2.75, 3.05) is 26.7 Å². The van der Waals surface area contributed by atoms with E-state index in [0.717, 1.165) is 25.5 Å². The minimum atomic E-state index is 0.449. The molecule has 1 atom stereocenters. The zero-order valence-corrected chi connectivity index (χ0v) is 16.0. The molecule has 1 aliphatic heterocycles. The molecule has 28 heavy (non-hydrogen) atoms. The number of benzene rings is 1. The Bertz CT molecular complexity index is 909. The van der Waals surface area contributed by atoms with Crippen LogP contribution in [-0.2, 0) is 6.42 Å². The van der Waals surface area contributed by atoms with E-state index in [0.29, 0.717) is 36.3 Å². The predicted octanol–water partition coefficient (Wildman–Crippen LogP) is 2.74. The molecule has 1 aliphatic rings. The molecule has 4 rings (SSSR count). The summed E-state index contributed by atoms with van der Waals surface area (Å²) < 4.78 is 5.31. The molecule has 0 saturated carbocycles. The van der Waals surface area contributed by atoms with E-state index in [-0.39, 0.29) is 0 Å². The molecule has 1 unspecified atom stereocenters. The highest BCUT2D eigenvalue weighted by Gasteiger charge is 2.25. The fraction of sp³-hybridized carbons (Fsp3) is 0.333. The fourth-order valence-corrected chi connectivity index (χ4v) is 3.52. The van der Waals surface area contributed by atoms with Gasteiger partial charge >= 0.3 is 0 Å². The molecule has 2 aromatic heterocycles. The molecule has 7 nitrogen and oxygen atoms in total. The summed E-state index contributed by atoms with van der Waals surface area (Å²) in [6.07, 6.45) is 3.51. The number of guanidine groups is 1. The first kappa shape index (κ1) is 18.2. The van der Waals surface area contributed by atoms with Crippen molar-refractivity contribution in [1.29, 1.82) is 0 Å². The molecule has 1 fully saturated rings. The molecule has 1 aromatic carbocycles. The van der Waals surface area contributed by atoms with Gasteiger partial charge in [0.05, 0.1) is 0 Å². The van der Waals surface area contributed by atoms with Crippen LogP contribution in [0.1, 0.15) is 23.7 Å². The molecule has 0 spiro atoms. The monoisotopic (exact) mass is 376 g/mol. The summed E-state index contributed by atoms with van der Waals surface area (Å²) in [5.74, 6) is 2.59. The van der Waals surface area contributed by atoms with Gasteiger partial charge in [0, 0.05) is 45.2 Å². The number of pyridine rings is 1. The first-order valence-electron chi connectivity index (χ1n) is 9.58. The Morgan fingerprint density at radius 3 is 2.86 bits per heavy atom. The lowest BCUT2D eigenvalue weighted by Crippen LogP contribution is -2.40. The maximum absolute atomic E-state index is 5.31. The summed E-state index contributed by atoms with van der Waals surface area (Å²) in [5, 5.41) is 7.46. The van der Waals surface area contributed by atoms with Crippen LogP contribution in [0.15, 0.2) is 64.2 Å². The van der Waals surface area contributed by atoms with Crippen LogP contribution in [-0.4, -0.2) is 52.7 Å². The second-order valence-electron chi connectivity index (χ2n) is 6.80. The SMILES string of the molecule is CN=C(NCCc1noc(-c2ccccn2)n1)N1CCC(c2ccccc2)C1. The second-order valence-corrected chi connectivity index (χ2v) is 6.80. The van der Waals surface area contributed by atoms with Crippen LogP contribution in [0.4, 0.5) is 0 Å². The van der Waals surface area contributed by atoms with Crippen LogP contribution < -0.4 is 5.32 Å². The lowest BCUT2D eigenvalue weighted by atomic mass is 9.99. The molecule has 3 heterocycles. The van der Waals surface area contributed by atoms with Crippen LogP contribution >= 0.6 is 0 Å². The number of nitrogens with one attached hydrogen (secondary N) is 1. The first-order valence-corrected chi connectivity index (χ1v) is 9.58. The van der Waals surface area contributed by atoms with Crippen molar-refractivity contribution < 1.29 is 4.52 Å². The van der Waals surface area contributed by atoms with E-state index in [1.54, 1.807) is 6.20 Å². The molecule has 0 amide bonds. The molecular formula is C21H24N6O. The standard InChI is InChI=1S/C21H24N6O/c1-22-21(27-14-11-17(15-27)16-7-3-2-4-8-16)24-13-10-19-25-20(28-26-19)18-9-5-6-12-23-18/h2-9,12,17H,10-11,13-15H2,1H3,(H,22,24). The van der Waals surface area contributed by atoms with Gasteiger partial charge in [0.25, 0.3) is 5.89 Å². The lowest BCUT2D eigenvalue weighted by Gasteiger charge is -2.21. The minimum absolute atomic E-state index is 0.449. The van der Waals surface area contributed by atoms with Gasteiger partial charge in [0.2, 0.25) is 0 Å². The van der Waals surface area contributed by atoms with Gasteiger partial charge in [-0.15, -0.1) is 0 Å². The number of hydrogen-bond acceptors (Lipinski definition) is 5. The predicted molar refractivity (Wildman–Crippen MR) is 108 cm³/mol. The van der Waals surface area contributed by atoms with Gasteiger partial charge in [-0.3, -0.25) is 9.98 Å². The zero-order chi connectivity index (χ0) is 19.2. The summed E-state index contributed by atoms with van der Waals surface area (Å²) in [7, 11) is 1.83. The van der Waals surface area contributed by atoms with Crippen molar-refractivity contribution in [3.8, 4) is 11.6 Å². The Balaban J connectivity index is 1.29. The van der Waals surface area contributed by atoms with E-state index in [4.69, 9.17) is 4.52 Å². The van der Waals surface area contributed by atoms with Crippen LogP contribution in [0.2, 0.25) is 0 Å². The third-order valence-corrected chi connectivity index (χ3v) is 4.95. The number of rotatable bonds is 5. The average Bonchev–Trinajstić information content (AvgIpc) is 3.43. The van der Waals surface area contributed by atoms with Gasteiger partial charge in [0.15, 0.2) is 11.8 Å². The molecule has 0 aliphatic carbocycles. The number of aromatic nitrogens is 3. The first-order chi connectivity index (χ1) is 13.8. The zero-order valence-electron chi connectivity index (χ0n) is 16.0. The van der Waals surface area contributed by atoms with Gasteiger partial charge in [-0.25, -0.2) is 0 Å². The van der Waals surface area contributed by atoms with Gasteiger partial charge in [-0.2, -0.15) is 4.98 Å². The van der Waals surface area contributed by atoms with Crippen molar-refractivity contribution in [2.45, 2.75) is 18.8 Å². The summed E-state index contributed by atoms with van der Waals surface area (Å²) in [5.41, 5.74) is 2.09. The van der Waals surface area contributed by atoms with Crippen molar-refractivity contribution >= 4 is 5.96 Å². The average molecular weight is 376 g/mol. The van der Waals surface area contributed by atoms with E-state index in [9.17, 15) is 0 Å². The third-order valence-electron chi connectivity index (χ3n) is 4.95. The van der Waals surface area contributed by atoms with Crippen LogP contribution in [0, 0.1) is 0 Å². The molecule has 1 saturated heterocycles. The van der Waals surface area contributed by atoms with Crippen molar-refractivity contribution in [2.24, 2.45) is 4.99 Å². The van der Waals surface area contributed by atoms with E-state index in [2.05, 4.69) is 60.7 Å². The molecule has 0 radical (unpaired) electrons. The Kier molecular flexibility index (Phi) is 5.61. The van der Waals surface area contributed by atoms with Crippen LogP contribution in [0.25, 0.3) is 11.6 Å². The normalized spacial score (nSPS) is 17.1. The smallest absolute Gasteiger partial charge is 0.276 e. The molecule has 7 heteroatoms. The second kappa shape index (κ2) is 8.65. The topological polar surface area (TPSA) is 79.4 Å². The van der Waals surface area contributed by atoms with Gasteiger partial charge < -0.3 is 14.7 Å². The van der Waals surface area contributed by atoms with E-state index in [1.165, 1.54) is 5.56 Å². The number of nitrogens with zero attached hydrogens (tertiary/aromatic N) is 5. The summed E-state index contributed by atoms with van der Waals surface area (Å²) >= 11 is 0. The highest BCUT2D eigenvalue weighted by molar-refractivity contribution is 5.80. The summed E-state index contributed by atoms with van der Waals surface area (Å²) in [6, 6.07) is 16.3. The number of hydrogen-bond donors (Lipinski definition) is 1. The molecule has 144 valence electrons. The lowest BCUT2D eigenvalue weighted by molar-refractivity contribution is 0.420. The van der Waals surface area contributed by atoms with Gasteiger partial charge in [-0.05, 0) is 24.1 Å². The van der Waals surface area contributed by atoms with Gasteiger partial charge in [0.1, 0.15) is 5.69 Å². The molecule has 1 N–H and O–H groups in total. The Morgan fingerprint density at radius 1 is 1.21 bits per heavy atom. The van der Waals surface area contributed by atoms with Crippen molar-refractivity contribution in [1.82, 2.24) is 25.3 Å². The van der Waals surface area contributed by atoms with Gasteiger partial charge in [-0.1, -0.05) is 41.6 Å². The quantitative estimate of drug-likeness (QED) is 0.545. The molecule has 3 aromatic rings. The maximum atomic E-state index is 5.31. The Hall–Kier alpha value is -3.22. The van der Waals surface area contributed by atoms with Crippen molar-refractivity contribution in [3.05, 3.63) is 66.1 Å². The highest BCUT2D eigenvalue weighted by Crippen LogP contribution is 2.26. The van der Waals surface area contributed by atoms with Crippen molar-refractivity contribution in [3.63, 3.8) is 0 Å². The fourth-order valence-electron chi connectivity index (χ4n) is 3.52. The van der Waals surface area contributed by atoms with E-state index in [1.807, 2.05) is 25.2 Å². The Morgan fingerprint density at radius 2 is 2.07 bits per heavy atom. The molecular weight excluding hydrogens is 352 g/mol. The van der Waals surface area contributed by atoms with E-state index < -0.39 is 0 Å². The van der Waals surface area contributed by atoms with Crippen LogP contribution in [0.3, 0.4) is 0 Å². The third kappa shape index (κ3) is 4.19. The number of aliphatic imine (C=N–C) groups is 1. The largest absolute Gasteiger partial charge is 0.356 e. The molecule has 0 bridgehead atoms. The Labute approximate surface area is 164 Å². The maximum Gasteiger partial charge on any atom is 0.276 e. The highest BCUT2D eigenvalue weighted by atomic mass is 16.5. The van der Waals surface area contributed by atoms with E-state index >= 15 is 0 Å². The minimum Gasteiger partial charge on any atom is -0.356 e. The van der Waals surface area contributed by atoms with Crippen LogP contribution in [0.5, 0.6) is 0 Å².